The highest BCUT2D eigenvalue weighted by atomic mass is 16.5. The van der Waals surface area contributed by atoms with Crippen LogP contribution in [-0.2, 0) is 4.79 Å². The summed E-state index contributed by atoms with van der Waals surface area (Å²) < 4.78 is 5.68. The van der Waals surface area contributed by atoms with Crippen LogP contribution in [0.25, 0.3) is 0 Å². The van der Waals surface area contributed by atoms with Crippen molar-refractivity contribution in [2.75, 3.05) is 17.2 Å². The van der Waals surface area contributed by atoms with E-state index in [1.807, 2.05) is 86.6 Å². The number of para-hydroxylation sites is 2. The molecule has 0 atom stereocenters. The summed E-state index contributed by atoms with van der Waals surface area (Å²) in [7, 11) is 0. The smallest absolute Gasteiger partial charge is 0.262 e. The predicted molar refractivity (Wildman–Crippen MR) is 106 cm³/mol. The van der Waals surface area contributed by atoms with Gasteiger partial charge in [0.1, 0.15) is 5.75 Å². The van der Waals surface area contributed by atoms with Gasteiger partial charge in [-0.3, -0.25) is 4.79 Å². The highest BCUT2D eigenvalue weighted by molar-refractivity contribution is 5.92. The molecule has 3 rings (SSSR count). The van der Waals surface area contributed by atoms with Gasteiger partial charge in [-0.25, -0.2) is 0 Å². The van der Waals surface area contributed by atoms with E-state index in [0.29, 0.717) is 0 Å². The third-order valence-electron chi connectivity index (χ3n) is 3.99. The minimum atomic E-state index is -0.184. The van der Waals surface area contributed by atoms with Gasteiger partial charge in [-0.2, -0.15) is 0 Å². The van der Waals surface area contributed by atoms with Crippen molar-refractivity contribution in [2.24, 2.45) is 0 Å². The lowest BCUT2D eigenvalue weighted by atomic mass is 10.1. The van der Waals surface area contributed by atoms with E-state index in [1.54, 1.807) is 0 Å². The summed E-state index contributed by atoms with van der Waals surface area (Å²) in [5, 5.41) is 6.16. The first-order valence-corrected chi connectivity index (χ1v) is 8.53. The van der Waals surface area contributed by atoms with Crippen LogP contribution >= 0.6 is 0 Å². The van der Waals surface area contributed by atoms with E-state index in [4.69, 9.17) is 4.74 Å². The zero-order valence-electron chi connectivity index (χ0n) is 15.0. The number of hydrogen-bond donors (Lipinski definition) is 2. The average Bonchev–Trinajstić information content (AvgIpc) is 2.64. The van der Waals surface area contributed by atoms with Crippen LogP contribution in [0.4, 0.5) is 17.1 Å². The molecule has 4 heteroatoms. The summed E-state index contributed by atoms with van der Waals surface area (Å²) in [6.07, 6.45) is 0. The average molecular weight is 346 g/mol. The summed E-state index contributed by atoms with van der Waals surface area (Å²) in [6.45, 7) is 3.92. The zero-order chi connectivity index (χ0) is 18.4. The van der Waals surface area contributed by atoms with Crippen molar-refractivity contribution in [2.45, 2.75) is 13.8 Å². The van der Waals surface area contributed by atoms with E-state index < -0.39 is 0 Å². The fraction of sp³-hybridized carbons (Fsp3) is 0.136. The molecule has 0 aliphatic carbocycles. The number of rotatable bonds is 6. The molecule has 0 saturated carbocycles. The van der Waals surface area contributed by atoms with E-state index in [2.05, 4.69) is 10.6 Å². The van der Waals surface area contributed by atoms with E-state index in [0.717, 1.165) is 33.9 Å². The zero-order valence-corrected chi connectivity index (χ0v) is 15.0. The molecule has 3 aromatic rings. The van der Waals surface area contributed by atoms with Crippen LogP contribution < -0.4 is 15.4 Å². The number of carbonyl (C=O) groups is 1. The number of benzene rings is 3. The molecule has 0 spiro atoms. The molecule has 0 aromatic heterocycles. The molecule has 2 N–H and O–H groups in total. The maximum atomic E-state index is 12.1. The molecule has 0 heterocycles. The van der Waals surface area contributed by atoms with Gasteiger partial charge < -0.3 is 15.4 Å². The Labute approximate surface area is 153 Å². The van der Waals surface area contributed by atoms with Crippen LogP contribution in [0.5, 0.6) is 5.75 Å². The van der Waals surface area contributed by atoms with Gasteiger partial charge in [0.2, 0.25) is 0 Å². The lowest BCUT2D eigenvalue weighted by Gasteiger charge is -2.12. The van der Waals surface area contributed by atoms with Gasteiger partial charge in [0, 0.05) is 17.1 Å². The van der Waals surface area contributed by atoms with Gasteiger partial charge in [-0.05, 0) is 61.4 Å². The molecular formula is C22H22N2O2. The molecule has 0 unspecified atom stereocenters. The highest BCUT2D eigenvalue weighted by Gasteiger charge is 2.07. The normalized spacial score (nSPS) is 10.2. The van der Waals surface area contributed by atoms with Crippen molar-refractivity contribution in [3.8, 4) is 5.75 Å². The van der Waals surface area contributed by atoms with Gasteiger partial charge in [-0.1, -0.05) is 36.4 Å². The molecule has 132 valence electrons. The lowest BCUT2D eigenvalue weighted by Crippen LogP contribution is -2.20. The van der Waals surface area contributed by atoms with Gasteiger partial charge in [0.15, 0.2) is 6.61 Å². The van der Waals surface area contributed by atoms with E-state index in [-0.39, 0.29) is 12.5 Å². The number of aryl methyl sites for hydroxylation is 2. The summed E-state index contributed by atoms with van der Waals surface area (Å²) in [4.78, 5) is 12.1. The van der Waals surface area contributed by atoms with Gasteiger partial charge in [-0.15, -0.1) is 0 Å². The number of anilines is 3. The fourth-order valence-corrected chi connectivity index (χ4v) is 2.69. The Morgan fingerprint density at radius 1 is 0.769 bits per heavy atom. The number of carbonyl (C=O) groups excluding carboxylic acids is 1. The van der Waals surface area contributed by atoms with Crippen LogP contribution in [-0.4, -0.2) is 12.5 Å². The van der Waals surface area contributed by atoms with Gasteiger partial charge >= 0.3 is 0 Å². The summed E-state index contributed by atoms with van der Waals surface area (Å²) >= 11 is 0. The van der Waals surface area contributed by atoms with Crippen molar-refractivity contribution in [3.63, 3.8) is 0 Å². The first-order chi connectivity index (χ1) is 12.6. The monoisotopic (exact) mass is 346 g/mol. The second kappa shape index (κ2) is 8.21. The van der Waals surface area contributed by atoms with Crippen LogP contribution in [0, 0.1) is 13.8 Å². The largest absolute Gasteiger partial charge is 0.483 e. The molecule has 0 saturated heterocycles. The maximum absolute atomic E-state index is 12.1. The Balaban J connectivity index is 1.54. The first-order valence-electron chi connectivity index (χ1n) is 8.53. The van der Waals surface area contributed by atoms with Crippen LogP contribution in [0.3, 0.4) is 0 Å². The first kappa shape index (κ1) is 17.5. The van der Waals surface area contributed by atoms with Crippen LogP contribution in [0.15, 0.2) is 72.8 Å². The van der Waals surface area contributed by atoms with Crippen molar-refractivity contribution in [3.05, 3.63) is 83.9 Å². The lowest BCUT2D eigenvalue weighted by molar-refractivity contribution is -0.118. The van der Waals surface area contributed by atoms with Crippen LogP contribution in [0.1, 0.15) is 11.1 Å². The molecule has 0 aliphatic heterocycles. The molecule has 0 radical (unpaired) electrons. The summed E-state index contributed by atoms with van der Waals surface area (Å²) in [5.74, 6) is 0.585. The third kappa shape index (κ3) is 4.63. The molecule has 1 amide bonds. The van der Waals surface area contributed by atoms with Crippen LogP contribution in [0.2, 0.25) is 0 Å². The number of amides is 1. The Kier molecular flexibility index (Phi) is 5.54. The van der Waals surface area contributed by atoms with E-state index in [1.165, 1.54) is 0 Å². The minimum Gasteiger partial charge on any atom is -0.483 e. The Morgan fingerprint density at radius 2 is 1.35 bits per heavy atom. The molecule has 0 fully saturated rings. The number of hydrogen-bond acceptors (Lipinski definition) is 3. The second-order valence-corrected chi connectivity index (χ2v) is 6.13. The van der Waals surface area contributed by atoms with Crippen molar-refractivity contribution in [1.82, 2.24) is 0 Å². The topological polar surface area (TPSA) is 50.4 Å². The molecule has 4 nitrogen and oxygen atoms in total. The summed E-state index contributed by atoms with van der Waals surface area (Å²) in [6, 6.07) is 23.4. The molecule has 0 aliphatic rings. The highest BCUT2D eigenvalue weighted by Crippen LogP contribution is 2.22. The maximum Gasteiger partial charge on any atom is 0.262 e. The predicted octanol–water partition coefficient (Wildman–Crippen LogP) is 5.06. The Hall–Kier alpha value is -3.27. The number of ether oxygens (including phenoxy) is 1. The van der Waals surface area contributed by atoms with Gasteiger partial charge in [0.05, 0.1) is 0 Å². The number of nitrogens with one attached hydrogen (secondary N) is 2. The van der Waals surface area contributed by atoms with Crippen molar-refractivity contribution >= 4 is 23.0 Å². The van der Waals surface area contributed by atoms with E-state index in [9.17, 15) is 4.79 Å². The molecule has 3 aromatic carbocycles. The van der Waals surface area contributed by atoms with Crippen molar-refractivity contribution in [1.29, 1.82) is 0 Å². The van der Waals surface area contributed by atoms with E-state index >= 15 is 0 Å². The quantitative estimate of drug-likeness (QED) is 0.655. The minimum absolute atomic E-state index is 0.0181. The third-order valence-corrected chi connectivity index (χ3v) is 3.99. The Bertz CT molecular complexity index is 854. The molecular weight excluding hydrogens is 324 g/mol. The second-order valence-electron chi connectivity index (χ2n) is 6.13. The SMILES string of the molecule is Cc1cccc(C)c1OCC(=O)Nc1ccc(Nc2ccccc2)cc1. The molecule has 26 heavy (non-hydrogen) atoms. The summed E-state index contributed by atoms with van der Waals surface area (Å²) in [5.41, 5.74) is 4.76. The molecule has 0 bridgehead atoms. The van der Waals surface area contributed by atoms with Gasteiger partial charge in [0.25, 0.3) is 5.91 Å². The van der Waals surface area contributed by atoms with Crippen molar-refractivity contribution < 1.29 is 9.53 Å². The Morgan fingerprint density at radius 3 is 2.00 bits per heavy atom. The standard InChI is InChI=1S/C22H22N2O2/c1-16-7-6-8-17(2)22(16)26-15-21(25)24-20-13-11-19(12-14-20)23-18-9-4-3-5-10-18/h3-14,23H,15H2,1-2H3,(H,24,25). The fourth-order valence-electron chi connectivity index (χ4n) is 2.69.